The Hall–Kier alpha value is -1.55. The summed E-state index contributed by atoms with van der Waals surface area (Å²) < 4.78 is 5.71. The third kappa shape index (κ3) is 2.91. The zero-order valence-electron chi connectivity index (χ0n) is 12.9. The zero-order valence-corrected chi connectivity index (χ0v) is 12.9. The number of nitrogens with zero attached hydrogens (tertiary/aromatic N) is 1. The first kappa shape index (κ1) is 14.4. The molecule has 1 amide bonds. The van der Waals surface area contributed by atoms with Crippen molar-refractivity contribution in [2.75, 3.05) is 18.0 Å². The van der Waals surface area contributed by atoms with Crippen LogP contribution in [-0.4, -0.2) is 31.1 Å². The summed E-state index contributed by atoms with van der Waals surface area (Å²) in [5.41, 5.74) is 2.20. The van der Waals surface area contributed by atoms with Gasteiger partial charge in [-0.2, -0.15) is 0 Å². The van der Waals surface area contributed by atoms with Crippen molar-refractivity contribution in [2.45, 2.75) is 51.7 Å². The number of likely N-dealkylation sites (N-methyl/N-ethyl adjacent to an activating group) is 1. The normalized spacial score (nSPS) is 25.4. The van der Waals surface area contributed by atoms with Crippen LogP contribution in [0.5, 0.6) is 5.75 Å². The average Bonchev–Trinajstić information content (AvgIpc) is 2.50. The van der Waals surface area contributed by atoms with Gasteiger partial charge in [0.25, 0.3) is 5.91 Å². The molecule has 0 radical (unpaired) electrons. The molecule has 0 saturated carbocycles. The highest BCUT2D eigenvalue weighted by atomic mass is 16.5. The molecule has 0 aliphatic carbocycles. The van der Waals surface area contributed by atoms with Crippen LogP contribution in [0.15, 0.2) is 18.2 Å². The van der Waals surface area contributed by atoms with Crippen LogP contribution in [0.25, 0.3) is 0 Å². The minimum Gasteiger partial charge on any atom is -0.479 e. The lowest BCUT2D eigenvalue weighted by Gasteiger charge is -2.33. The number of carbonyl (C=O) groups is 1. The summed E-state index contributed by atoms with van der Waals surface area (Å²) in [7, 11) is 0. The quantitative estimate of drug-likeness (QED) is 0.929. The number of hydrogen-bond acceptors (Lipinski definition) is 3. The maximum atomic E-state index is 12.2. The van der Waals surface area contributed by atoms with Crippen molar-refractivity contribution >= 4 is 11.6 Å². The summed E-state index contributed by atoms with van der Waals surface area (Å²) in [6.07, 6.45) is 4.46. The summed E-state index contributed by atoms with van der Waals surface area (Å²) in [5, 5.41) is 3.58. The van der Waals surface area contributed by atoms with Gasteiger partial charge in [-0.05, 0) is 57.4 Å². The Morgan fingerprint density at radius 3 is 2.95 bits per heavy atom. The Kier molecular flexibility index (Phi) is 4.15. The molecule has 1 N–H and O–H groups in total. The molecule has 1 fully saturated rings. The van der Waals surface area contributed by atoms with E-state index in [9.17, 15) is 4.79 Å². The topological polar surface area (TPSA) is 41.6 Å². The number of fused-ring (bicyclic) bond motifs is 1. The number of anilines is 1. The molecule has 0 spiro atoms. The molecule has 2 atom stereocenters. The summed E-state index contributed by atoms with van der Waals surface area (Å²) in [6, 6.07) is 6.83. The van der Waals surface area contributed by atoms with Gasteiger partial charge < -0.3 is 15.0 Å². The first-order chi connectivity index (χ1) is 10.2. The molecule has 1 saturated heterocycles. The fraction of sp³-hybridized carbons (Fsp3) is 0.588. The van der Waals surface area contributed by atoms with E-state index in [-0.39, 0.29) is 12.0 Å². The van der Waals surface area contributed by atoms with Gasteiger partial charge in [-0.15, -0.1) is 0 Å². The number of piperidine rings is 1. The smallest absolute Gasteiger partial charge is 0.267 e. The molecule has 4 nitrogen and oxygen atoms in total. The molecular weight excluding hydrogens is 264 g/mol. The molecule has 114 valence electrons. The highest BCUT2D eigenvalue weighted by Gasteiger charge is 2.30. The van der Waals surface area contributed by atoms with Gasteiger partial charge in [0.2, 0.25) is 0 Å². The molecule has 2 aliphatic heterocycles. The van der Waals surface area contributed by atoms with E-state index in [1.807, 2.05) is 24.8 Å². The number of ether oxygens (including phenoxy) is 1. The summed E-state index contributed by atoms with van der Waals surface area (Å²) in [6.45, 7) is 5.63. The summed E-state index contributed by atoms with van der Waals surface area (Å²) in [5.74, 6) is 0.877. The lowest BCUT2D eigenvalue weighted by Crippen LogP contribution is -2.44. The minimum atomic E-state index is -0.386. The van der Waals surface area contributed by atoms with Crippen molar-refractivity contribution in [3.05, 3.63) is 23.8 Å². The van der Waals surface area contributed by atoms with Crippen LogP contribution < -0.4 is 15.0 Å². The maximum absolute atomic E-state index is 12.2. The third-order valence-electron chi connectivity index (χ3n) is 4.44. The van der Waals surface area contributed by atoms with E-state index in [1.54, 1.807) is 0 Å². The SMILES string of the molecule is CCN1C(=O)C(C)Oc2ccc(CC3CCCCN3)cc21. The summed E-state index contributed by atoms with van der Waals surface area (Å²) in [4.78, 5) is 14.0. The van der Waals surface area contributed by atoms with Crippen molar-refractivity contribution in [1.29, 1.82) is 0 Å². The fourth-order valence-corrected chi connectivity index (χ4v) is 3.29. The molecule has 4 heteroatoms. The van der Waals surface area contributed by atoms with Gasteiger partial charge in [-0.3, -0.25) is 4.79 Å². The number of rotatable bonds is 3. The van der Waals surface area contributed by atoms with Gasteiger partial charge >= 0.3 is 0 Å². The largest absolute Gasteiger partial charge is 0.479 e. The number of benzene rings is 1. The molecule has 0 bridgehead atoms. The van der Waals surface area contributed by atoms with Crippen LogP contribution >= 0.6 is 0 Å². The number of hydrogen-bond donors (Lipinski definition) is 1. The van der Waals surface area contributed by atoms with E-state index in [4.69, 9.17) is 4.74 Å². The Labute approximate surface area is 126 Å². The predicted octanol–water partition coefficient (Wildman–Crippen LogP) is 2.50. The second kappa shape index (κ2) is 6.06. The zero-order chi connectivity index (χ0) is 14.8. The monoisotopic (exact) mass is 288 g/mol. The molecule has 0 aromatic heterocycles. The highest BCUT2D eigenvalue weighted by Crippen LogP contribution is 2.35. The van der Waals surface area contributed by atoms with E-state index < -0.39 is 0 Å². The predicted molar refractivity (Wildman–Crippen MR) is 83.9 cm³/mol. The third-order valence-corrected chi connectivity index (χ3v) is 4.44. The highest BCUT2D eigenvalue weighted by molar-refractivity contribution is 5.99. The molecule has 2 heterocycles. The second-order valence-electron chi connectivity index (χ2n) is 6.00. The molecule has 21 heavy (non-hydrogen) atoms. The Morgan fingerprint density at radius 1 is 1.38 bits per heavy atom. The van der Waals surface area contributed by atoms with Crippen molar-refractivity contribution in [1.82, 2.24) is 5.32 Å². The van der Waals surface area contributed by atoms with Gasteiger partial charge in [0, 0.05) is 12.6 Å². The standard InChI is InChI=1S/C17H24N2O2/c1-3-19-15-11-13(10-14-6-4-5-9-18-14)7-8-16(15)21-12(2)17(19)20/h7-8,11-12,14,18H,3-6,9-10H2,1-2H3. The lowest BCUT2D eigenvalue weighted by atomic mass is 9.97. The van der Waals surface area contributed by atoms with Gasteiger partial charge in [0.05, 0.1) is 5.69 Å². The van der Waals surface area contributed by atoms with Crippen LogP contribution in [0.1, 0.15) is 38.7 Å². The lowest BCUT2D eigenvalue weighted by molar-refractivity contribution is -0.125. The molecule has 1 aromatic rings. The molecule has 2 unspecified atom stereocenters. The second-order valence-corrected chi connectivity index (χ2v) is 6.00. The first-order valence-corrected chi connectivity index (χ1v) is 8.03. The van der Waals surface area contributed by atoms with Gasteiger partial charge in [-0.25, -0.2) is 0 Å². The molecule has 2 aliphatic rings. The van der Waals surface area contributed by atoms with Crippen molar-refractivity contribution in [3.63, 3.8) is 0 Å². The molecular formula is C17H24N2O2. The van der Waals surface area contributed by atoms with Crippen LogP contribution in [0, 0.1) is 0 Å². The molecule has 1 aromatic carbocycles. The Bertz CT molecular complexity index is 524. The van der Waals surface area contributed by atoms with Gasteiger partial charge in [0.15, 0.2) is 6.10 Å². The fourth-order valence-electron chi connectivity index (χ4n) is 3.29. The average molecular weight is 288 g/mol. The van der Waals surface area contributed by atoms with Crippen molar-refractivity contribution in [2.24, 2.45) is 0 Å². The summed E-state index contributed by atoms with van der Waals surface area (Å²) >= 11 is 0. The van der Waals surface area contributed by atoms with E-state index in [2.05, 4.69) is 17.4 Å². The first-order valence-electron chi connectivity index (χ1n) is 8.03. The van der Waals surface area contributed by atoms with Crippen LogP contribution in [0.3, 0.4) is 0 Å². The van der Waals surface area contributed by atoms with E-state index in [0.717, 1.165) is 24.4 Å². The van der Waals surface area contributed by atoms with E-state index in [1.165, 1.54) is 24.8 Å². The Balaban J connectivity index is 1.82. The van der Waals surface area contributed by atoms with Crippen molar-refractivity contribution < 1.29 is 9.53 Å². The van der Waals surface area contributed by atoms with Crippen LogP contribution in [-0.2, 0) is 11.2 Å². The Morgan fingerprint density at radius 2 is 2.24 bits per heavy atom. The molecule has 3 rings (SSSR count). The van der Waals surface area contributed by atoms with Crippen LogP contribution in [0.4, 0.5) is 5.69 Å². The van der Waals surface area contributed by atoms with Gasteiger partial charge in [-0.1, -0.05) is 12.5 Å². The number of amides is 1. The number of nitrogens with one attached hydrogen (secondary N) is 1. The van der Waals surface area contributed by atoms with Crippen LogP contribution in [0.2, 0.25) is 0 Å². The van der Waals surface area contributed by atoms with E-state index in [0.29, 0.717) is 12.6 Å². The van der Waals surface area contributed by atoms with Gasteiger partial charge in [0.1, 0.15) is 5.75 Å². The van der Waals surface area contributed by atoms with E-state index >= 15 is 0 Å². The van der Waals surface area contributed by atoms with Crippen molar-refractivity contribution in [3.8, 4) is 5.75 Å². The minimum absolute atomic E-state index is 0.0536. The number of carbonyl (C=O) groups excluding carboxylic acids is 1. The maximum Gasteiger partial charge on any atom is 0.267 e.